The van der Waals surface area contributed by atoms with Crippen molar-refractivity contribution in [2.75, 3.05) is 39.3 Å². The van der Waals surface area contributed by atoms with Gasteiger partial charge in [-0.15, -0.1) is 0 Å². The predicted octanol–water partition coefficient (Wildman–Crippen LogP) is 0.199. The Hall–Kier alpha value is -2.49. The molecule has 2 aliphatic heterocycles. The molecule has 0 aliphatic carbocycles. The number of benzene rings is 1. The lowest BCUT2D eigenvalue weighted by Gasteiger charge is -2.36. The van der Waals surface area contributed by atoms with Gasteiger partial charge in [-0.2, -0.15) is 0 Å². The minimum Gasteiger partial charge on any atom is -0.473 e. The molecule has 2 fully saturated rings. The van der Waals surface area contributed by atoms with E-state index in [0.717, 1.165) is 44.6 Å². The zero-order valence-corrected chi connectivity index (χ0v) is 15.6. The number of amides is 1. The molecule has 2 heterocycles. The van der Waals surface area contributed by atoms with Crippen LogP contribution in [0.25, 0.3) is 0 Å². The van der Waals surface area contributed by atoms with E-state index in [4.69, 9.17) is 24.5 Å². The van der Waals surface area contributed by atoms with E-state index in [1.165, 1.54) is 0 Å². The molecule has 9 nitrogen and oxygen atoms in total. The van der Waals surface area contributed by atoms with Gasteiger partial charge in [-0.25, -0.2) is 9.59 Å². The second-order valence-electron chi connectivity index (χ2n) is 6.66. The molecule has 1 amide bonds. The number of carbonyl (C=O) groups excluding carboxylic acids is 1. The molecule has 1 aromatic rings. The molecule has 1 aromatic carbocycles. The van der Waals surface area contributed by atoms with E-state index in [9.17, 15) is 9.90 Å². The van der Waals surface area contributed by atoms with Gasteiger partial charge in [0.15, 0.2) is 0 Å². The Morgan fingerprint density at radius 3 is 2.14 bits per heavy atom. The van der Waals surface area contributed by atoms with Crippen LogP contribution in [0.5, 0.6) is 0 Å². The van der Waals surface area contributed by atoms with Crippen LogP contribution in [0.3, 0.4) is 0 Å². The summed E-state index contributed by atoms with van der Waals surface area (Å²) in [4.78, 5) is 34.6. The van der Waals surface area contributed by atoms with E-state index in [1.807, 2.05) is 35.2 Å². The second kappa shape index (κ2) is 10.7. The molecule has 3 rings (SSSR count). The lowest BCUT2D eigenvalue weighted by Crippen LogP contribution is -2.52. The van der Waals surface area contributed by atoms with Crippen LogP contribution in [0.15, 0.2) is 30.3 Å². The number of rotatable bonds is 4. The van der Waals surface area contributed by atoms with Crippen LogP contribution < -0.4 is 0 Å². The first-order valence-corrected chi connectivity index (χ1v) is 9.20. The van der Waals surface area contributed by atoms with E-state index in [0.29, 0.717) is 13.2 Å². The molecular formula is C19H26N2O7. The number of aliphatic hydroxyl groups is 1. The van der Waals surface area contributed by atoms with Crippen LogP contribution in [-0.4, -0.2) is 88.4 Å². The summed E-state index contributed by atoms with van der Waals surface area (Å²) in [7, 11) is 0. The van der Waals surface area contributed by atoms with Gasteiger partial charge in [0, 0.05) is 39.3 Å². The van der Waals surface area contributed by atoms with Gasteiger partial charge in [-0.1, -0.05) is 30.3 Å². The Labute approximate surface area is 163 Å². The number of piperazine rings is 1. The van der Waals surface area contributed by atoms with Crippen molar-refractivity contribution in [3.8, 4) is 0 Å². The monoisotopic (exact) mass is 394 g/mol. The fraction of sp³-hybridized carbons (Fsp3) is 0.526. The van der Waals surface area contributed by atoms with Crippen LogP contribution in [0, 0.1) is 0 Å². The van der Waals surface area contributed by atoms with Crippen molar-refractivity contribution in [2.45, 2.75) is 25.0 Å². The molecule has 2 saturated heterocycles. The molecule has 3 N–H and O–H groups in total. The van der Waals surface area contributed by atoms with Crippen LogP contribution in [0.4, 0.5) is 0 Å². The molecule has 0 spiro atoms. The van der Waals surface area contributed by atoms with Gasteiger partial charge in [0.1, 0.15) is 6.10 Å². The van der Waals surface area contributed by atoms with E-state index in [-0.39, 0.29) is 12.0 Å². The first-order chi connectivity index (χ1) is 13.4. The maximum Gasteiger partial charge on any atom is 0.414 e. The van der Waals surface area contributed by atoms with Crippen molar-refractivity contribution < 1.29 is 34.4 Å². The van der Waals surface area contributed by atoms with Gasteiger partial charge in [0.2, 0.25) is 0 Å². The molecule has 2 atom stereocenters. The number of ether oxygens (including phenoxy) is 1. The molecule has 0 saturated carbocycles. The summed E-state index contributed by atoms with van der Waals surface area (Å²) in [5.74, 6) is -3.51. The smallest absolute Gasteiger partial charge is 0.414 e. The minimum absolute atomic E-state index is 0.140. The van der Waals surface area contributed by atoms with Crippen molar-refractivity contribution >= 4 is 17.8 Å². The van der Waals surface area contributed by atoms with Gasteiger partial charge in [-0.3, -0.25) is 9.69 Å². The van der Waals surface area contributed by atoms with Gasteiger partial charge in [-0.05, 0) is 18.4 Å². The molecule has 0 bridgehead atoms. The van der Waals surface area contributed by atoms with Gasteiger partial charge < -0.3 is 25.0 Å². The number of aliphatic carboxylic acids is 2. The largest absolute Gasteiger partial charge is 0.473 e. The highest BCUT2D eigenvalue weighted by atomic mass is 16.5. The summed E-state index contributed by atoms with van der Waals surface area (Å²) in [6, 6.07) is 9.73. The van der Waals surface area contributed by atoms with E-state index < -0.39 is 18.0 Å². The highest BCUT2D eigenvalue weighted by Gasteiger charge is 2.30. The number of carbonyl (C=O) groups is 3. The zero-order chi connectivity index (χ0) is 20.5. The molecule has 9 heteroatoms. The Kier molecular flexibility index (Phi) is 8.37. The highest BCUT2D eigenvalue weighted by molar-refractivity contribution is 6.27. The van der Waals surface area contributed by atoms with E-state index in [1.54, 1.807) is 0 Å². The van der Waals surface area contributed by atoms with Gasteiger partial charge >= 0.3 is 11.9 Å². The third kappa shape index (κ3) is 6.59. The Balaban J connectivity index is 0.000000409. The summed E-state index contributed by atoms with van der Waals surface area (Å²) in [5, 5.41) is 25.1. The third-order valence-electron chi connectivity index (χ3n) is 4.69. The number of nitrogens with zero attached hydrogens (tertiary/aromatic N) is 2. The summed E-state index contributed by atoms with van der Waals surface area (Å²) < 4.78 is 5.47. The number of carboxylic acids is 2. The number of carboxylic acid groups (broad SMARTS) is 2. The summed E-state index contributed by atoms with van der Waals surface area (Å²) >= 11 is 0. The number of β-amino-alcohol motifs (C(OH)–C–C–N with tert-alkyl or cyclic N) is 1. The van der Waals surface area contributed by atoms with E-state index >= 15 is 0 Å². The van der Waals surface area contributed by atoms with Gasteiger partial charge in [0.25, 0.3) is 5.91 Å². The Bertz CT molecular complexity index is 642. The van der Waals surface area contributed by atoms with Crippen LogP contribution in [0.2, 0.25) is 0 Å². The third-order valence-corrected chi connectivity index (χ3v) is 4.69. The number of hydrogen-bond donors (Lipinski definition) is 3. The average Bonchev–Trinajstić information content (AvgIpc) is 3.24. The molecule has 28 heavy (non-hydrogen) atoms. The Morgan fingerprint density at radius 1 is 1.04 bits per heavy atom. The molecule has 0 radical (unpaired) electrons. The lowest BCUT2D eigenvalue weighted by atomic mass is 10.1. The molecule has 2 unspecified atom stereocenters. The standard InChI is InChI=1S/C17H24N2O3.C2H2O4/c20-15(14-5-2-1-3-6-14)13-18-8-10-19(11-9-18)17(21)16-7-4-12-22-16;3-1(4)2(5)6/h1-3,5-6,15-16,20H,4,7-13H2;(H,3,4)(H,5,6). The maximum atomic E-state index is 12.3. The summed E-state index contributed by atoms with van der Waals surface area (Å²) in [6.45, 7) is 4.39. The first-order valence-electron chi connectivity index (χ1n) is 9.20. The maximum absolute atomic E-state index is 12.3. The average molecular weight is 394 g/mol. The molecule has 0 aromatic heterocycles. The molecule has 2 aliphatic rings. The normalized spacial score (nSPS) is 20.8. The second-order valence-corrected chi connectivity index (χ2v) is 6.66. The van der Waals surface area contributed by atoms with Crippen molar-refractivity contribution in [3.05, 3.63) is 35.9 Å². The minimum atomic E-state index is -1.82. The fourth-order valence-electron chi connectivity index (χ4n) is 3.15. The van der Waals surface area contributed by atoms with Crippen molar-refractivity contribution in [2.24, 2.45) is 0 Å². The van der Waals surface area contributed by atoms with Crippen molar-refractivity contribution in [1.82, 2.24) is 9.80 Å². The van der Waals surface area contributed by atoms with Crippen LogP contribution in [0.1, 0.15) is 24.5 Å². The number of hydrogen-bond acceptors (Lipinski definition) is 6. The van der Waals surface area contributed by atoms with Gasteiger partial charge in [0.05, 0.1) is 6.10 Å². The Morgan fingerprint density at radius 2 is 1.64 bits per heavy atom. The summed E-state index contributed by atoms with van der Waals surface area (Å²) in [6.07, 6.45) is 1.15. The van der Waals surface area contributed by atoms with Crippen molar-refractivity contribution in [3.63, 3.8) is 0 Å². The van der Waals surface area contributed by atoms with Crippen LogP contribution >= 0.6 is 0 Å². The first kappa shape index (κ1) is 21.8. The zero-order valence-electron chi connectivity index (χ0n) is 15.6. The summed E-state index contributed by atoms with van der Waals surface area (Å²) in [5.41, 5.74) is 0.945. The predicted molar refractivity (Wildman–Crippen MR) is 98.7 cm³/mol. The quantitative estimate of drug-likeness (QED) is 0.618. The van der Waals surface area contributed by atoms with Crippen molar-refractivity contribution in [1.29, 1.82) is 0 Å². The SMILES string of the molecule is O=C(C1CCCO1)N1CCN(CC(O)c2ccccc2)CC1.O=C(O)C(=O)O. The number of aliphatic hydroxyl groups excluding tert-OH is 1. The molecule has 154 valence electrons. The fourth-order valence-corrected chi connectivity index (χ4v) is 3.15. The van der Waals surface area contributed by atoms with Crippen LogP contribution in [-0.2, 0) is 19.1 Å². The molecular weight excluding hydrogens is 368 g/mol. The topological polar surface area (TPSA) is 128 Å². The lowest BCUT2D eigenvalue weighted by molar-refractivity contribution is -0.159. The van der Waals surface area contributed by atoms with E-state index in [2.05, 4.69) is 4.90 Å². The highest BCUT2D eigenvalue weighted by Crippen LogP contribution is 2.18.